The van der Waals surface area contributed by atoms with Crippen molar-refractivity contribution in [3.8, 4) is 6.01 Å². The van der Waals surface area contributed by atoms with Gasteiger partial charge in [-0.05, 0) is 19.8 Å². The number of nitrogens with zero attached hydrogens (tertiary/aromatic N) is 4. The van der Waals surface area contributed by atoms with Gasteiger partial charge >= 0.3 is 6.01 Å². The van der Waals surface area contributed by atoms with Gasteiger partial charge in [0.25, 0.3) is 0 Å². The van der Waals surface area contributed by atoms with Crippen LogP contribution in [-0.2, 0) is 4.79 Å². The fourth-order valence-electron chi connectivity index (χ4n) is 2.67. The highest BCUT2D eigenvalue weighted by atomic mass is 16.5. The number of carbonyl (C=O) groups excluding carboxylic acids is 1. The largest absolute Gasteiger partial charge is 0.467 e. The molecule has 0 saturated carbocycles. The second-order valence-corrected chi connectivity index (χ2v) is 6.07. The predicted octanol–water partition coefficient (Wildman–Crippen LogP) is 0.603. The summed E-state index contributed by atoms with van der Waals surface area (Å²) in [5.74, 6) is 0.653. The van der Waals surface area contributed by atoms with Crippen LogP contribution in [0.25, 0.3) is 0 Å². The Balaban J connectivity index is 2.16. The van der Waals surface area contributed by atoms with E-state index in [0.29, 0.717) is 19.0 Å². The number of hydrogen-bond donors (Lipinski definition) is 1. The van der Waals surface area contributed by atoms with Crippen molar-refractivity contribution in [1.29, 1.82) is 0 Å². The van der Waals surface area contributed by atoms with Gasteiger partial charge < -0.3 is 19.6 Å². The van der Waals surface area contributed by atoms with Crippen molar-refractivity contribution < 1.29 is 14.6 Å². The zero-order valence-electron chi connectivity index (χ0n) is 13.7. The monoisotopic (exact) mass is 308 g/mol. The van der Waals surface area contributed by atoms with E-state index in [1.54, 1.807) is 14.1 Å². The zero-order chi connectivity index (χ0) is 16.3. The number of methoxy groups -OCH3 is 1. The van der Waals surface area contributed by atoms with Crippen LogP contribution in [0.2, 0.25) is 0 Å². The number of aromatic nitrogens is 2. The maximum atomic E-state index is 11.9. The molecular weight excluding hydrogens is 284 g/mol. The van der Waals surface area contributed by atoms with Crippen LogP contribution < -0.4 is 9.64 Å². The smallest absolute Gasteiger partial charge is 0.318 e. The topological polar surface area (TPSA) is 78.8 Å². The molecule has 0 aromatic carbocycles. The first kappa shape index (κ1) is 16.5. The summed E-state index contributed by atoms with van der Waals surface area (Å²) in [7, 11) is 4.93. The summed E-state index contributed by atoms with van der Waals surface area (Å²) in [6.45, 7) is 3.05. The van der Waals surface area contributed by atoms with Gasteiger partial charge in [0.05, 0.1) is 19.1 Å². The van der Waals surface area contributed by atoms with E-state index in [1.807, 2.05) is 17.9 Å². The van der Waals surface area contributed by atoms with Gasteiger partial charge in [-0.25, -0.2) is 4.98 Å². The maximum absolute atomic E-state index is 11.9. The van der Waals surface area contributed by atoms with Crippen LogP contribution in [-0.4, -0.2) is 65.8 Å². The van der Waals surface area contributed by atoms with Crippen LogP contribution in [0.3, 0.4) is 0 Å². The van der Waals surface area contributed by atoms with Crippen molar-refractivity contribution in [2.75, 3.05) is 39.2 Å². The Morgan fingerprint density at radius 3 is 2.86 bits per heavy atom. The molecule has 1 N–H and O–H groups in total. The lowest BCUT2D eigenvalue weighted by molar-refractivity contribution is -0.134. The molecule has 0 bridgehead atoms. The first-order valence-corrected chi connectivity index (χ1v) is 7.40. The van der Waals surface area contributed by atoms with E-state index in [2.05, 4.69) is 9.97 Å². The number of β-amino-alcohol motifs (C(OH)–C–C–N with tert-alkyl or cyclic N) is 1. The van der Waals surface area contributed by atoms with E-state index in [0.717, 1.165) is 24.5 Å². The molecule has 1 aromatic heterocycles. The standard InChI is InChI=1S/C15H24N4O3/c1-11-8-12(17-14(16-11)22-4)19-7-5-6-15(21,10-19)9-13(20)18(2)3/h8,21H,5-7,9-10H2,1-4H3. The Morgan fingerprint density at radius 1 is 1.50 bits per heavy atom. The number of ether oxygens (including phenoxy) is 1. The number of carbonyl (C=O) groups is 1. The van der Waals surface area contributed by atoms with Crippen LogP contribution in [0.1, 0.15) is 25.0 Å². The Hall–Kier alpha value is -1.89. The number of anilines is 1. The number of piperidine rings is 1. The Kier molecular flexibility index (Phi) is 4.85. The highest BCUT2D eigenvalue weighted by Gasteiger charge is 2.36. The number of hydrogen-bond acceptors (Lipinski definition) is 6. The third-order valence-electron chi connectivity index (χ3n) is 3.86. The molecule has 1 aromatic rings. The molecule has 1 aliphatic heterocycles. The second kappa shape index (κ2) is 6.48. The van der Waals surface area contributed by atoms with Crippen LogP contribution in [0, 0.1) is 6.92 Å². The average molecular weight is 308 g/mol. The Bertz CT molecular complexity index is 550. The SMILES string of the molecule is COc1nc(C)cc(N2CCCC(O)(CC(=O)N(C)C)C2)n1. The highest BCUT2D eigenvalue weighted by Crippen LogP contribution is 2.28. The normalized spacial score (nSPS) is 21.6. The predicted molar refractivity (Wildman–Crippen MR) is 83.0 cm³/mol. The third kappa shape index (κ3) is 3.85. The average Bonchev–Trinajstić information content (AvgIpc) is 2.46. The fraction of sp³-hybridized carbons (Fsp3) is 0.667. The van der Waals surface area contributed by atoms with Crippen molar-refractivity contribution in [2.24, 2.45) is 0 Å². The van der Waals surface area contributed by atoms with Gasteiger partial charge in [0.2, 0.25) is 5.91 Å². The van der Waals surface area contributed by atoms with Gasteiger partial charge in [-0.15, -0.1) is 0 Å². The first-order chi connectivity index (χ1) is 10.3. The van der Waals surface area contributed by atoms with Crippen LogP contribution >= 0.6 is 0 Å². The summed E-state index contributed by atoms with van der Waals surface area (Å²) in [6.07, 6.45) is 1.55. The van der Waals surface area contributed by atoms with Gasteiger partial charge in [0.1, 0.15) is 5.82 Å². The van der Waals surface area contributed by atoms with Crippen LogP contribution in [0.5, 0.6) is 6.01 Å². The molecule has 2 rings (SSSR count). The number of rotatable bonds is 4. The van der Waals surface area contributed by atoms with Crippen molar-refractivity contribution >= 4 is 11.7 Å². The molecule has 0 aliphatic carbocycles. The molecular formula is C15H24N4O3. The van der Waals surface area contributed by atoms with E-state index >= 15 is 0 Å². The molecule has 1 saturated heterocycles. The van der Waals surface area contributed by atoms with Crippen LogP contribution in [0.4, 0.5) is 5.82 Å². The second-order valence-electron chi connectivity index (χ2n) is 6.07. The molecule has 7 heteroatoms. The minimum absolute atomic E-state index is 0.0687. The zero-order valence-corrected chi connectivity index (χ0v) is 13.7. The molecule has 1 unspecified atom stereocenters. The summed E-state index contributed by atoms with van der Waals surface area (Å²) < 4.78 is 5.10. The van der Waals surface area contributed by atoms with Crippen molar-refractivity contribution in [2.45, 2.75) is 31.8 Å². The number of amides is 1. The minimum atomic E-state index is -1.02. The molecule has 1 fully saturated rings. The molecule has 7 nitrogen and oxygen atoms in total. The van der Waals surface area contributed by atoms with E-state index in [-0.39, 0.29) is 12.3 Å². The van der Waals surface area contributed by atoms with Crippen LogP contribution in [0.15, 0.2) is 6.07 Å². The molecule has 2 heterocycles. The van der Waals surface area contributed by atoms with E-state index in [4.69, 9.17) is 4.74 Å². The van der Waals surface area contributed by atoms with Gasteiger partial charge in [0, 0.05) is 38.9 Å². The lowest BCUT2D eigenvalue weighted by Crippen LogP contribution is -2.50. The number of aryl methyl sites for hydroxylation is 1. The third-order valence-corrected chi connectivity index (χ3v) is 3.86. The van der Waals surface area contributed by atoms with Gasteiger partial charge in [-0.1, -0.05) is 0 Å². The quantitative estimate of drug-likeness (QED) is 0.878. The van der Waals surface area contributed by atoms with Gasteiger partial charge in [-0.2, -0.15) is 4.98 Å². The summed E-state index contributed by atoms with van der Waals surface area (Å²) in [5.41, 5.74) is -0.216. The molecule has 122 valence electrons. The van der Waals surface area contributed by atoms with Gasteiger partial charge in [-0.3, -0.25) is 4.79 Å². The van der Waals surface area contributed by atoms with Crippen molar-refractivity contribution in [3.63, 3.8) is 0 Å². The fourth-order valence-corrected chi connectivity index (χ4v) is 2.67. The summed E-state index contributed by atoms with van der Waals surface area (Å²) in [6, 6.07) is 2.18. The lowest BCUT2D eigenvalue weighted by Gasteiger charge is -2.40. The number of aliphatic hydroxyl groups is 1. The van der Waals surface area contributed by atoms with E-state index in [1.165, 1.54) is 12.0 Å². The van der Waals surface area contributed by atoms with E-state index < -0.39 is 5.60 Å². The minimum Gasteiger partial charge on any atom is -0.467 e. The van der Waals surface area contributed by atoms with Crippen molar-refractivity contribution in [3.05, 3.63) is 11.8 Å². The maximum Gasteiger partial charge on any atom is 0.318 e. The van der Waals surface area contributed by atoms with Crippen molar-refractivity contribution in [1.82, 2.24) is 14.9 Å². The molecule has 1 atom stereocenters. The summed E-state index contributed by atoms with van der Waals surface area (Å²) >= 11 is 0. The molecule has 0 spiro atoms. The lowest BCUT2D eigenvalue weighted by atomic mass is 9.89. The Morgan fingerprint density at radius 2 is 2.23 bits per heavy atom. The molecule has 1 aliphatic rings. The molecule has 22 heavy (non-hydrogen) atoms. The van der Waals surface area contributed by atoms with Gasteiger partial charge in [0.15, 0.2) is 0 Å². The Labute approximate surface area is 130 Å². The van der Waals surface area contributed by atoms with E-state index in [9.17, 15) is 9.90 Å². The summed E-state index contributed by atoms with van der Waals surface area (Å²) in [5, 5.41) is 10.8. The highest BCUT2D eigenvalue weighted by molar-refractivity contribution is 5.76. The molecule has 1 amide bonds. The molecule has 0 radical (unpaired) electrons. The summed E-state index contributed by atoms with van der Waals surface area (Å²) in [4.78, 5) is 23.9. The first-order valence-electron chi connectivity index (χ1n) is 7.40.